The maximum absolute atomic E-state index is 13.3. The summed E-state index contributed by atoms with van der Waals surface area (Å²) in [5, 5.41) is 24.2. The predicted octanol–water partition coefficient (Wildman–Crippen LogP) is 8.77. The number of carbonyl (C=O) groups is 1. The first-order chi connectivity index (χ1) is 18.1. The van der Waals surface area contributed by atoms with Crippen molar-refractivity contribution in [2.24, 2.45) is 9.98 Å². The Morgan fingerprint density at radius 2 is 1.32 bits per heavy atom. The van der Waals surface area contributed by atoms with Gasteiger partial charge in [0.25, 0.3) is 5.91 Å². The second-order valence-corrected chi connectivity index (χ2v) is 9.85. The van der Waals surface area contributed by atoms with Gasteiger partial charge in [-0.25, -0.2) is 0 Å². The topological polar surface area (TPSA) is 94.3 Å². The Bertz CT molecular complexity index is 1600. The minimum absolute atomic E-state index is 0.0887. The van der Waals surface area contributed by atoms with Crippen molar-refractivity contribution in [2.75, 3.05) is 5.32 Å². The summed E-state index contributed by atoms with van der Waals surface area (Å²) in [6.07, 6.45) is 2.79. The van der Waals surface area contributed by atoms with E-state index in [1.165, 1.54) is 36.7 Å². The second kappa shape index (κ2) is 11.9. The number of benzene rings is 4. The number of aromatic hydroxyl groups is 2. The van der Waals surface area contributed by atoms with Crippen LogP contribution in [0.3, 0.4) is 0 Å². The number of carbonyl (C=O) groups excluding carboxylic acids is 1. The van der Waals surface area contributed by atoms with Crippen LogP contribution >= 0.6 is 46.4 Å². The number of hydrogen-bond donors (Lipinski definition) is 3. The normalized spacial score (nSPS) is 11.4. The molecule has 4 aromatic carbocycles. The first-order valence-corrected chi connectivity index (χ1v) is 12.6. The molecular weight excluding hydrogens is 568 g/mol. The predicted molar refractivity (Wildman–Crippen MR) is 156 cm³/mol. The van der Waals surface area contributed by atoms with Gasteiger partial charge in [-0.2, -0.15) is 0 Å². The highest BCUT2D eigenvalue weighted by atomic mass is 35.5. The van der Waals surface area contributed by atoms with Gasteiger partial charge in [0.15, 0.2) is 0 Å². The number of aryl methyl sites for hydroxylation is 1. The van der Waals surface area contributed by atoms with Crippen molar-refractivity contribution in [1.29, 1.82) is 0 Å². The van der Waals surface area contributed by atoms with Gasteiger partial charge in [-0.05, 0) is 61.0 Å². The van der Waals surface area contributed by atoms with E-state index in [4.69, 9.17) is 46.4 Å². The highest BCUT2D eigenvalue weighted by Crippen LogP contribution is 2.33. The van der Waals surface area contributed by atoms with E-state index in [9.17, 15) is 15.0 Å². The van der Waals surface area contributed by atoms with E-state index in [2.05, 4.69) is 15.3 Å². The number of para-hydroxylation sites is 1. The quantitative estimate of drug-likeness (QED) is 0.197. The van der Waals surface area contributed by atoms with Crippen molar-refractivity contribution in [3.63, 3.8) is 0 Å². The molecule has 0 saturated carbocycles. The monoisotopic (exact) mass is 585 g/mol. The molecule has 0 fully saturated rings. The van der Waals surface area contributed by atoms with Crippen LogP contribution < -0.4 is 5.32 Å². The highest BCUT2D eigenvalue weighted by Gasteiger charge is 2.14. The standard InChI is InChI=1S/C28H19Cl4N3O3/c1-15-6-7-24(25(8-15)34-14-17-10-19(30)12-22(32)27(17)37)35-28(38)20-4-2-3-5-23(20)33-13-16-9-18(29)11-21(31)26(16)36/h2-14,36-37H,1H3,(H,35,38). The number of phenols is 2. The van der Waals surface area contributed by atoms with Gasteiger partial charge in [0.1, 0.15) is 11.5 Å². The average Bonchev–Trinajstić information content (AvgIpc) is 2.88. The number of nitrogens with one attached hydrogen (secondary N) is 1. The molecular formula is C28H19Cl4N3O3. The van der Waals surface area contributed by atoms with Gasteiger partial charge in [0.05, 0.1) is 32.7 Å². The molecule has 0 spiro atoms. The number of nitrogens with zero attached hydrogens (tertiary/aromatic N) is 2. The molecule has 1 amide bonds. The SMILES string of the molecule is Cc1ccc(NC(=O)c2ccccc2N=Cc2cc(Cl)cc(Cl)c2O)c(N=Cc2cc(Cl)cc(Cl)c2O)c1. The second-order valence-electron chi connectivity index (χ2n) is 8.16. The molecule has 0 aliphatic rings. The first kappa shape index (κ1) is 27.5. The third kappa shape index (κ3) is 6.47. The number of phenolic OH excluding ortho intramolecular Hbond substituents is 2. The van der Waals surface area contributed by atoms with E-state index in [-0.39, 0.29) is 27.1 Å². The summed E-state index contributed by atoms with van der Waals surface area (Å²) in [6, 6.07) is 17.9. The van der Waals surface area contributed by atoms with Crippen molar-refractivity contribution in [3.05, 3.63) is 109 Å². The Kier molecular flexibility index (Phi) is 8.59. The summed E-state index contributed by atoms with van der Waals surface area (Å²) in [5.41, 5.74) is 3.06. The molecule has 0 bridgehead atoms. The lowest BCUT2D eigenvalue weighted by Crippen LogP contribution is -2.12. The molecule has 3 N–H and O–H groups in total. The van der Waals surface area contributed by atoms with Crippen LogP contribution in [0.4, 0.5) is 17.1 Å². The molecule has 38 heavy (non-hydrogen) atoms. The summed E-state index contributed by atoms with van der Waals surface area (Å²) < 4.78 is 0. The molecule has 6 nitrogen and oxygen atoms in total. The van der Waals surface area contributed by atoms with E-state index < -0.39 is 5.91 Å². The smallest absolute Gasteiger partial charge is 0.257 e. The zero-order chi connectivity index (χ0) is 27.4. The molecule has 0 atom stereocenters. The van der Waals surface area contributed by atoms with E-state index in [0.29, 0.717) is 38.2 Å². The molecule has 10 heteroatoms. The van der Waals surface area contributed by atoms with Gasteiger partial charge >= 0.3 is 0 Å². The number of hydrogen-bond acceptors (Lipinski definition) is 5. The zero-order valence-corrected chi connectivity index (χ0v) is 22.7. The van der Waals surface area contributed by atoms with Crippen molar-refractivity contribution in [1.82, 2.24) is 0 Å². The molecule has 0 aromatic heterocycles. The lowest BCUT2D eigenvalue weighted by atomic mass is 10.1. The fourth-order valence-electron chi connectivity index (χ4n) is 3.47. The summed E-state index contributed by atoms with van der Waals surface area (Å²) in [7, 11) is 0. The Hall–Kier alpha value is -3.55. The van der Waals surface area contributed by atoms with Gasteiger partial charge in [0.2, 0.25) is 0 Å². The van der Waals surface area contributed by atoms with Gasteiger partial charge in [-0.15, -0.1) is 0 Å². The Balaban J connectivity index is 1.63. The molecule has 0 saturated heterocycles. The zero-order valence-electron chi connectivity index (χ0n) is 19.7. The maximum atomic E-state index is 13.3. The highest BCUT2D eigenvalue weighted by molar-refractivity contribution is 6.36. The minimum atomic E-state index is -0.431. The third-order valence-corrected chi connectivity index (χ3v) is 6.36. The van der Waals surface area contributed by atoms with E-state index in [1.54, 1.807) is 36.4 Å². The number of aliphatic imine (C=N–C) groups is 2. The van der Waals surface area contributed by atoms with E-state index in [0.717, 1.165) is 5.56 Å². The van der Waals surface area contributed by atoms with Crippen molar-refractivity contribution < 1.29 is 15.0 Å². The van der Waals surface area contributed by atoms with Gasteiger partial charge in [-0.1, -0.05) is 64.6 Å². The molecule has 4 rings (SSSR count). The molecule has 4 aromatic rings. The summed E-state index contributed by atoms with van der Waals surface area (Å²) in [4.78, 5) is 22.1. The average molecular weight is 587 g/mol. The van der Waals surface area contributed by atoms with Crippen LogP contribution in [0.1, 0.15) is 27.0 Å². The fourth-order valence-corrected chi connectivity index (χ4v) is 4.49. The Morgan fingerprint density at radius 3 is 1.92 bits per heavy atom. The van der Waals surface area contributed by atoms with Crippen LogP contribution in [0.25, 0.3) is 0 Å². The molecule has 192 valence electrons. The molecule has 0 unspecified atom stereocenters. The summed E-state index contributed by atoms with van der Waals surface area (Å²) >= 11 is 24.1. The molecule has 0 aliphatic carbocycles. The van der Waals surface area contributed by atoms with Crippen molar-refractivity contribution in [3.8, 4) is 11.5 Å². The number of amides is 1. The van der Waals surface area contributed by atoms with Gasteiger partial charge < -0.3 is 15.5 Å². The largest absolute Gasteiger partial charge is 0.506 e. The van der Waals surface area contributed by atoms with E-state index in [1.807, 2.05) is 13.0 Å². The number of halogens is 4. The maximum Gasteiger partial charge on any atom is 0.257 e. The van der Waals surface area contributed by atoms with Crippen molar-refractivity contribution in [2.45, 2.75) is 6.92 Å². The molecule has 0 radical (unpaired) electrons. The van der Waals surface area contributed by atoms with Gasteiger partial charge in [0, 0.05) is 33.6 Å². The Morgan fingerprint density at radius 1 is 0.763 bits per heavy atom. The Labute approximate surface area is 238 Å². The summed E-state index contributed by atoms with van der Waals surface area (Å²) in [5.74, 6) is -0.757. The number of anilines is 1. The van der Waals surface area contributed by atoms with E-state index >= 15 is 0 Å². The minimum Gasteiger partial charge on any atom is -0.506 e. The van der Waals surface area contributed by atoms with Crippen LogP contribution in [0, 0.1) is 6.92 Å². The van der Waals surface area contributed by atoms with Crippen LogP contribution in [0.5, 0.6) is 11.5 Å². The van der Waals surface area contributed by atoms with Crippen LogP contribution in [-0.4, -0.2) is 28.5 Å². The fraction of sp³-hybridized carbons (Fsp3) is 0.0357. The van der Waals surface area contributed by atoms with Crippen LogP contribution in [0.15, 0.2) is 76.7 Å². The molecule has 0 heterocycles. The van der Waals surface area contributed by atoms with Crippen molar-refractivity contribution >= 4 is 81.8 Å². The van der Waals surface area contributed by atoms with Gasteiger partial charge in [-0.3, -0.25) is 14.8 Å². The lowest BCUT2D eigenvalue weighted by Gasteiger charge is -2.11. The van der Waals surface area contributed by atoms with Crippen LogP contribution in [-0.2, 0) is 0 Å². The van der Waals surface area contributed by atoms with Crippen LogP contribution in [0.2, 0.25) is 20.1 Å². The molecule has 0 aliphatic heterocycles. The number of rotatable bonds is 6. The lowest BCUT2D eigenvalue weighted by molar-refractivity contribution is 0.102. The first-order valence-electron chi connectivity index (χ1n) is 11.1. The third-order valence-electron chi connectivity index (χ3n) is 5.35. The summed E-state index contributed by atoms with van der Waals surface area (Å²) in [6.45, 7) is 1.89.